The molecule has 20 heavy (non-hydrogen) atoms. The highest BCUT2D eigenvalue weighted by Crippen LogP contribution is 2.44. The molecule has 1 fully saturated rings. The van der Waals surface area contributed by atoms with Gasteiger partial charge in [-0.05, 0) is 36.6 Å². The average Bonchev–Trinajstić information content (AvgIpc) is 2.87. The Balaban J connectivity index is 2.57. The summed E-state index contributed by atoms with van der Waals surface area (Å²) >= 11 is 0. The van der Waals surface area contributed by atoms with E-state index < -0.39 is 17.3 Å². The molecule has 6 heteroatoms. The third-order valence-electron chi connectivity index (χ3n) is 3.70. The number of carbonyl (C=O) groups excluding carboxylic acids is 1. The van der Waals surface area contributed by atoms with Crippen LogP contribution in [0.2, 0.25) is 0 Å². The Kier molecular flexibility index (Phi) is 3.86. The van der Waals surface area contributed by atoms with Crippen LogP contribution < -0.4 is 4.74 Å². The molecule has 1 aliphatic carbocycles. The Morgan fingerprint density at radius 2 is 1.90 bits per heavy atom. The van der Waals surface area contributed by atoms with Crippen LogP contribution in [0.1, 0.15) is 36.8 Å². The fraction of sp³-hybridized carbons (Fsp3) is 0.500. The molecule has 3 nitrogen and oxygen atoms in total. The molecule has 0 saturated heterocycles. The van der Waals surface area contributed by atoms with E-state index in [9.17, 15) is 18.0 Å². The minimum absolute atomic E-state index is 0.113. The first-order valence-corrected chi connectivity index (χ1v) is 6.27. The zero-order valence-corrected chi connectivity index (χ0v) is 11.0. The van der Waals surface area contributed by atoms with Crippen LogP contribution in [0.25, 0.3) is 0 Å². The molecule has 0 atom stereocenters. The van der Waals surface area contributed by atoms with Gasteiger partial charge in [-0.1, -0.05) is 12.8 Å². The van der Waals surface area contributed by atoms with Gasteiger partial charge in [-0.15, -0.1) is 0 Å². The van der Waals surface area contributed by atoms with E-state index in [4.69, 9.17) is 4.74 Å². The van der Waals surface area contributed by atoms with E-state index >= 15 is 0 Å². The zero-order valence-electron chi connectivity index (χ0n) is 11.0. The van der Waals surface area contributed by atoms with Crippen molar-refractivity contribution >= 4 is 6.08 Å². The lowest BCUT2D eigenvalue weighted by molar-refractivity contribution is -0.137. The first-order chi connectivity index (χ1) is 9.41. The molecule has 1 aromatic carbocycles. The van der Waals surface area contributed by atoms with E-state index in [0.717, 1.165) is 25.0 Å². The molecule has 0 heterocycles. The molecular weight excluding hydrogens is 271 g/mol. The van der Waals surface area contributed by atoms with E-state index in [1.165, 1.54) is 19.3 Å². The lowest BCUT2D eigenvalue weighted by Crippen LogP contribution is -2.20. The normalized spacial score (nSPS) is 17.6. The Labute approximate surface area is 114 Å². The highest BCUT2D eigenvalue weighted by Gasteiger charge is 2.39. The van der Waals surface area contributed by atoms with Gasteiger partial charge in [-0.3, -0.25) is 0 Å². The van der Waals surface area contributed by atoms with Gasteiger partial charge in [-0.2, -0.15) is 18.2 Å². The van der Waals surface area contributed by atoms with Gasteiger partial charge in [0.15, 0.2) is 0 Å². The molecule has 0 radical (unpaired) electrons. The van der Waals surface area contributed by atoms with Crippen molar-refractivity contribution in [3.05, 3.63) is 29.3 Å². The minimum atomic E-state index is -4.46. The van der Waals surface area contributed by atoms with Crippen LogP contribution in [-0.4, -0.2) is 13.2 Å². The van der Waals surface area contributed by atoms with Gasteiger partial charge >= 0.3 is 6.18 Å². The standard InChI is InChI=1S/C14H14F3NO2/c1-20-12-7-10(6-11(8-12)14(15,16)17)13(18-9-19)4-2-3-5-13/h6-8H,2-5H2,1H3. The van der Waals surface area contributed by atoms with Crippen molar-refractivity contribution in [2.45, 2.75) is 37.4 Å². The Hall–Kier alpha value is -1.81. The van der Waals surface area contributed by atoms with Crippen LogP contribution >= 0.6 is 0 Å². The molecule has 0 bridgehead atoms. The molecule has 0 unspecified atom stereocenters. The number of rotatable bonds is 3. The Morgan fingerprint density at radius 3 is 2.40 bits per heavy atom. The lowest BCUT2D eigenvalue weighted by atomic mass is 9.87. The van der Waals surface area contributed by atoms with Gasteiger partial charge < -0.3 is 4.74 Å². The van der Waals surface area contributed by atoms with Gasteiger partial charge in [0, 0.05) is 0 Å². The summed E-state index contributed by atoms with van der Waals surface area (Å²) in [5, 5.41) is 0. The lowest BCUT2D eigenvalue weighted by Gasteiger charge is -2.24. The number of ether oxygens (including phenoxy) is 1. The summed E-state index contributed by atoms with van der Waals surface area (Å²) in [6.07, 6.45) is -0.224. The number of methoxy groups -OCH3 is 1. The number of benzene rings is 1. The zero-order chi connectivity index (χ0) is 14.8. The van der Waals surface area contributed by atoms with Crippen molar-refractivity contribution in [2.24, 2.45) is 4.99 Å². The topological polar surface area (TPSA) is 38.7 Å². The monoisotopic (exact) mass is 285 g/mol. The minimum Gasteiger partial charge on any atom is -0.497 e. The third-order valence-corrected chi connectivity index (χ3v) is 3.70. The maximum Gasteiger partial charge on any atom is 0.416 e. The number of hydrogen-bond donors (Lipinski definition) is 0. The van der Waals surface area contributed by atoms with Crippen LogP contribution in [0.5, 0.6) is 5.75 Å². The largest absolute Gasteiger partial charge is 0.497 e. The Morgan fingerprint density at radius 1 is 1.25 bits per heavy atom. The first-order valence-electron chi connectivity index (χ1n) is 6.27. The van der Waals surface area contributed by atoms with Crippen molar-refractivity contribution in [1.29, 1.82) is 0 Å². The number of alkyl halides is 3. The second-order valence-corrected chi connectivity index (χ2v) is 4.89. The molecule has 108 valence electrons. The van der Waals surface area contributed by atoms with Gasteiger partial charge in [0.05, 0.1) is 18.2 Å². The van der Waals surface area contributed by atoms with E-state index in [1.807, 2.05) is 0 Å². The molecule has 2 rings (SSSR count). The predicted octanol–water partition coefficient (Wildman–Crippen LogP) is 3.82. The van der Waals surface area contributed by atoms with E-state index in [-0.39, 0.29) is 5.75 Å². The highest BCUT2D eigenvalue weighted by atomic mass is 19.4. The van der Waals surface area contributed by atoms with Gasteiger partial charge in [0.2, 0.25) is 6.08 Å². The predicted molar refractivity (Wildman–Crippen MR) is 66.3 cm³/mol. The summed E-state index contributed by atoms with van der Waals surface area (Å²) in [7, 11) is 1.31. The van der Waals surface area contributed by atoms with Crippen molar-refractivity contribution in [3.8, 4) is 5.75 Å². The number of nitrogens with zero attached hydrogens (tertiary/aromatic N) is 1. The molecule has 0 aliphatic heterocycles. The smallest absolute Gasteiger partial charge is 0.416 e. The molecule has 0 aromatic heterocycles. The fourth-order valence-electron chi connectivity index (χ4n) is 2.66. The van der Waals surface area contributed by atoms with Gasteiger partial charge in [-0.25, -0.2) is 4.79 Å². The average molecular weight is 285 g/mol. The van der Waals surface area contributed by atoms with Gasteiger partial charge in [0.25, 0.3) is 0 Å². The first kappa shape index (κ1) is 14.6. The number of aliphatic imine (C=N–C) groups is 1. The van der Waals surface area contributed by atoms with Crippen LogP contribution in [-0.2, 0) is 16.5 Å². The number of halogens is 3. The molecule has 1 aliphatic rings. The summed E-state index contributed by atoms with van der Waals surface area (Å²) in [6, 6.07) is 3.51. The highest BCUT2D eigenvalue weighted by molar-refractivity contribution is 5.43. The summed E-state index contributed by atoms with van der Waals surface area (Å²) in [5.41, 5.74) is -1.32. The Bertz CT molecular complexity index is 542. The molecule has 0 N–H and O–H groups in total. The summed E-state index contributed by atoms with van der Waals surface area (Å²) < 4.78 is 43.7. The third kappa shape index (κ3) is 2.70. The fourth-order valence-corrected chi connectivity index (χ4v) is 2.66. The van der Waals surface area contributed by atoms with E-state index in [2.05, 4.69) is 4.99 Å². The van der Waals surface area contributed by atoms with Crippen molar-refractivity contribution in [3.63, 3.8) is 0 Å². The van der Waals surface area contributed by atoms with Crippen LogP contribution in [0.15, 0.2) is 23.2 Å². The second kappa shape index (κ2) is 5.29. The van der Waals surface area contributed by atoms with E-state index in [1.54, 1.807) is 0 Å². The van der Waals surface area contributed by atoms with Gasteiger partial charge in [0.1, 0.15) is 5.75 Å². The van der Waals surface area contributed by atoms with Crippen LogP contribution in [0.3, 0.4) is 0 Å². The molecule has 0 amide bonds. The van der Waals surface area contributed by atoms with Crippen molar-refractivity contribution < 1.29 is 22.7 Å². The molecule has 0 spiro atoms. The number of isocyanates is 1. The van der Waals surface area contributed by atoms with Crippen LogP contribution in [0, 0.1) is 0 Å². The summed E-state index contributed by atoms with van der Waals surface area (Å²) in [5.74, 6) is 0.113. The SMILES string of the molecule is COc1cc(C(F)(F)F)cc(C2(N=C=O)CCCC2)c1. The quantitative estimate of drug-likeness (QED) is 0.625. The van der Waals surface area contributed by atoms with E-state index in [0.29, 0.717) is 18.4 Å². The number of hydrogen-bond acceptors (Lipinski definition) is 3. The van der Waals surface area contributed by atoms with Crippen molar-refractivity contribution in [1.82, 2.24) is 0 Å². The second-order valence-electron chi connectivity index (χ2n) is 4.89. The molecule has 1 aromatic rings. The molecular formula is C14H14F3NO2. The van der Waals surface area contributed by atoms with Crippen LogP contribution in [0.4, 0.5) is 13.2 Å². The summed E-state index contributed by atoms with van der Waals surface area (Å²) in [6.45, 7) is 0. The maximum absolute atomic E-state index is 12.9. The maximum atomic E-state index is 12.9. The summed E-state index contributed by atoms with van der Waals surface area (Å²) in [4.78, 5) is 14.4. The van der Waals surface area contributed by atoms with Crippen molar-refractivity contribution in [2.75, 3.05) is 7.11 Å². The molecule has 1 saturated carbocycles.